The molecule has 1 heterocycles. The number of aliphatic hydroxyl groups excluding tert-OH is 1. The highest BCUT2D eigenvalue weighted by atomic mass is 127. The number of halogens is 5. The van der Waals surface area contributed by atoms with Crippen molar-refractivity contribution >= 4 is 28.3 Å². The highest BCUT2D eigenvalue weighted by molar-refractivity contribution is 14.1. The molecule has 0 saturated carbocycles. The molecule has 124 valence electrons. The number of nitrogens with one attached hydrogen (secondary N) is 1. The topological polar surface area (TPSA) is 54.4 Å². The maximum Gasteiger partial charge on any atom is 0.253 e. The molecule has 2 aromatic rings. The maximum atomic E-state index is 13.4. The first kappa shape index (κ1) is 17.7. The number of pyridine rings is 1. The lowest BCUT2D eigenvalue weighted by atomic mass is 10.3. The zero-order valence-electron chi connectivity index (χ0n) is 11.5. The molecule has 0 spiro atoms. The summed E-state index contributed by atoms with van der Waals surface area (Å²) >= 11 is 2.12. The van der Waals surface area contributed by atoms with Crippen LogP contribution in [0.25, 0.3) is 0 Å². The van der Waals surface area contributed by atoms with Crippen LogP contribution in [0.1, 0.15) is 0 Å². The fourth-order valence-electron chi connectivity index (χ4n) is 1.64. The van der Waals surface area contributed by atoms with E-state index < -0.39 is 35.3 Å². The largest absolute Gasteiger partial charge is 0.491 e. The quantitative estimate of drug-likeness (QED) is 0.411. The summed E-state index contributed by atoms with van der Waals surface area (Å²) in [6, 6.07) is 6.98. The van der Waals surface area contributed by atoms with Crippen molar-refractivity contribution in [2.75, 3.05) is 18.5 Å². The summed E-state index contributed by atoms with van der Waals surface area (Å²) in [7, 11) is 0. The Morgan fingerprint density at radius 2 is 1.65 bits per heavy atom. The van der Waals surface area contributed by atoms with Crippen LogP contribution in [0.4, 0.5) is 23.2 Å². The summed E-state index contributed by atoms with van der Waals surface area (Å²) in [6.45, 7) is -0.548. The first-order valence-corrected chi connectivity index (χ1v) is 7.46. The van der Waals surface area contributed by atoms with Gasteiger partial charge < -0.3 is 15.2 Å². The van der Waals surface area contributed by atoms with Gasteiger partial charge in [-0.15, -0.1) is 0 Å². The third-order valence-corrected chi connectivity index (χ3v) is 3.49. The van der Waals surface area contributed by atoms with E-state index in [1.165, 1.54) is 0 Å². The van der Waals surface area contributed by atoms with Crippen molar-refractivity contribution in [1.82, 2.24) is 4.98 Å². The van der Waals surface area contributed by atoms with E-state index in [-0.39, 0.29) is 13.2 Å². The van der Waals surface area contributed by atoms with Crippen molar-refractivity contribution in [3.05, 3.63) is 51.4 Å². The van der Waals surface area contributed by atoms with Gasteiger partial charge in [0.1, 0.15) is 24.1 Å². The number of hydrogen-bond donors (Lipinski definition) is 2. The maximum absolute atomic E-state index is 13.4. The number of aromatic nitrogens is 1. The van der Waals surface area contributed by atoms with Gasteiger partial charge in [0.25, 0.3) is 11.9 Å². The van der Waals surface area contributed by atoms with Crippen LogP contribution in [0.5, 0.6) is 5.75 Å². The summed E-state index contributed by atoms with van der Waals surface area (Å²) in [4.78, 5) is 2.43. The number of nitrogens with zero attached hydrogens (tertiary/aromatic N) is 1. The van der Waals surface area contributed by atoms with Gasteiger partial charge >= 0.3 is 0 Å². The third kappa shape index (κ3) is 4.67. The van der Waals surface area contributed by atoms with Gasteiger partial charge in [0.05, 0.1) is 0 Å². The van der Waals surface area contributed by atoms with E-state index in [0.717, 1.165) is 3.57 Å². The normalized spacial score (nSPS) is 12.1. The zero-order chi connectivity index (χ0) is 17.0. The molecule has 23 heavy (non-hydrogen) atoms. The van der Waals surface area contributed by atoms with Crippen molar-refractivity contribution in [3.8, 4) is 5.75 Å². The van der Waals surface area contributed by atoms with Crippen LogP contribution in [0.15, 0.2) is 24.3 Å². The van der Waals surface area contributed by atoms with Gasteiger partial charge in [-0.2, -0.15) is 22.5 Å². The van der Waals surface area contributed by atoms with E-state index in [1.54, 1.807) is 24.3 Å². The van der Waals surface area contributed by atoms with Gasteiger partial charge in [-0.25, -0.2) is 0 Å². The molecule has 1 unspecified atom stereocenters. The van der Waals surface area contributed by atoms with Crippen LogP contribution in [0.2, 0.25) is 0 Å². The molecule has 0 bridgehead atoms. The van der Waals surface area contributed by atoms with E-state index in [2.05, 4.69) is 32.9 Å². The number of aliphatic hydroxyl groups is 1. The van der Waals surface area contributed by atoms with Crippen molar-refractivity contribution in [1.29, 1.82) is 0 Å². The number of ether oxygens (including phenoxy) is 1. The molecule has 1 aromatic carbocycles. The average molecular weight is 442 g/mol. The van der Waals surface area contributed by atoms with Gasteiger partial charge in [0, 0.05) is 10.1 Å². The van der Waals surface area contributed by atoms with Gasteiger partial charge in [-0.05, 0) is 46.9 Å². The Hall–Kier alpha value is -1.62. The van der Waals surface area contributed by atoms with E-state index in [0.29, 0.717) is 5.75 Å². The lowest BCUT2D eigenvalue weighted by Crippen LogP contribution is -2.27. The molecule has 0 aliphatic rings. The summed E-state index contributed by atoms with van der Waals surface area (Å²) in [5.74, 6) is -6.35. The SMILES string of the molecule is OC(CNc1c(F)c(F)nc(F)c1F)COc1ccc(I)cc1. The first-order valence-electron chi connectivity index (χ1n) is 6.38. The van der Waals surface area contributed by atoms with E-state index in [1.807, 2.05) is 0 Å². The average Bonchev–Trinajstić information content (AvgIpc) is 2.52. The molecule has 0 aliphatic heterocycles. The van der Waals surface area contributed by atoms with E-state index in [4.69, 9.17) is 4.74 Å². The van der Waals surface area contributed by atoms with Gasteiger partial charge in [0.2, 0.25) is 11.6 Å². The molecule has 4 nitrogen and oxygen atoms in total. The minimum absolute atomic E-state index is 0.174. The number of anilines is 1. The van der Waals surface area contributed by atoms with Crippen LogP contribution in [0.3, 0.4) is 0 Å². The molecular formula is C14H11F4IN2O2. The molecule has 0 fully saturated rings. The van der Waals surface area contributed by atoms with Crippen LogP contribution in [-0.2, 0) is 0 Å². The van der Waals surface area contributed by atoms with Gasteiger partial charge in [-0.3, -0.25) is 0 Å². The predicted octanol–water partition coefficient (Wildman–Crippen LogP) is 3.09. The molecule has 9 heteroatoms. The Bertz CT molecular complexity index is 659. The Labute approximate surface area is 142 Å². The minimum Gasteiger partial charge on any atom is -0.491 e. The predicted molar refractivity (Wildman–Crippen MR) is 83.2 cm³/mol. The molecular weight excluding hydrogens is 431 g/mol. The first-order chi connectivity index (χ1) is 10.9. The molecule has 0 radical (unpaired) electrons. The second-order valence-electron chi connectivity index (χ2n) is 4.50. The van der Waals surface area contributed by atoms with Crippen LogP contribution >= 0.6 is 22.6 Å². The molecule has 0 aliphatic carbocycles. The second kappa shape index (κ2) is 7.77. The second-order valence-corrected chi connectivity index (χ2v) is 5.74. The summed E-state index contributed by atoms with van der Waals surface area (Å²) < 4.78 is 58.9. The van der Waals surface area contributed by atoms with Crippen LogP contribution in [-0.4, -0.2) is 29.3 Å². The monoisotopic (exact) mass is 442 g/mol. The molecule has 2 N–H and O–H groups in total. The smallest absolute Gasteiger partial charge is 0.253 e. The minimum atomic E-state index is -1.77. The Morgan fingerprint density at radius 1 is 1.09 bits per heavy atom. The van der Waals surface area contributed by atoms with Crippen molar-refractivity contribution < 1.29 is 27.4 Å². The Morgan fingerprint density at radius 3 is 2.22 bits per heavy atom. The zero-order valence-corrected chi connectivity index (χ0v) is 13.7. The Balaban J connectivity index is 1.92. The van der Waals surface area contributed by atoms with Crippen LogP contribution in [0, 0.1) is 27.1 Å². The molecule has 0 amide bonds. The van der Waals surface area contributed by atoms with Crippen molar-refractivity contribution in [3.63, 3.8) is 0 Å². The van der Waals surface area contributed by atoms with Gasteiger partial charge in [0.15, 0.2) is 0 Å². The highest BCUT2D eigenvalue weighted by Crippen LogP contribution is 2.22. The van der Waals surface area contributed by atoms with E-state index >= 15 is 0 Å². The lowest BCUT2D eigenvalue weighted by molar-refractivity contribution is 0.117. The third-order valence-electron chi connectivity index (χ3n) is 2.77. The summed E-state index contributed by atoms with van der Waals surface area (Å²) in [6.07, 6.45) is -1.16. The number of hydrogen-bond acceptors (Lipinski definition) is 4. The molecule has 1 aromatic heterocycles. The summed E-state index contributed by atoms with van der Waals surface area (Å²) in [5.41, 5.74) is -1.02. The number of benzene rings is 1. The fourth-order valence-corrected chi connectivity index (χ4v) is 2.00. The van der Waals surface area contributed by atoms with Crippen LogP contribution < -0.4 is 10.1 Å². The van der Waals surface area contributed by atoms with E-state index in [9.17, 15) is 22.7 Å². The van der Waals surface area contributed by atoms with Gasteiger partial charge in [-0.1, -0.05) is 0 Å². The molecule has 1 atom stereocenters. The van der Waals surface area contributed by atoms with Crippen molar-refractivity contribution in [2.45, 2.75) is 6.10 Å². The van der Waals surface area contributed by atoms with Crippen molar-refractivity contribution in [2.24, 2.45) is 0 Å². The lowest BCUT2D eigenvalue weighted by Gasteiger charge is -2.15. The highest BCUT2D eigenvalue weighted by Gasteiger charge is 2.21. The fraction of sp³-hybridized carbons (Fsp3) is 0.214. The molecule has 2 rings (SSSR count). The standard InChI is InChI=1S/C14H11F4IN2O2/c15-10-12(11(16)14(18)21-13(10)17)20-5-8(22)6-23-9-3-1-7(19)2-4-9/h1-4,8,22H,5-6H2,(H,20,21). The number of rotatable bonds is 6. The summed E-state index contributed by atoms with van der Waals surface area (Å²) in [5, 5.41) is 11.8. The molecule has 0 saturated heterocycles. The Kier molecular flexibility index (Phi) is 5.99.